The number of rotatable bonds is 4. The maximum Gasteiger partial charge on any atom is 0.353 e. The van der Waals surface area contributed by atoms with E-state index in [9.17, 15) is 9.59 Å². The van der Waals surface area contributed by atoms with Gasteiger partial charge in [-0.05, 0) is 11.6 Å². The summed E-state index contributed by atoms with van der Waals surface area (Å²) in [6.45, 7) is 3.47. The number of β-lactam (4-membered cyclic amide) rings is 1. The molecule has 0 saturated carbocycles. The smallest absolute Gasteiger partial charge is 0.353 e. The van der Waals surface area contributed by atoms with Crippen molar-refractivity contribution < 1.29 is 14.7 Å². The molecule has 0 radical (unpaired) electrons. The third-order valence-corrected chi connectivity index (χ3v) is 6.29. The quantitative estimate of drug-likeness (QED) is 0.632. The molecule has 142 valence electrons. The molecule has 4 heterocycles. The number of aliphatic carboxylic acids is 1. The van der Waals surface area contributed by atoms with Gasteiger partial charge in [0, 0.05) is 31.2 Å². The predicted octanol–water partition coefficient (Wildman–Crippen LogP) is 2.12. The Morgan fingerprint density at radius 3 is 2.89 bits per heavy atom. The van der Waals surface area contributed by atoms with E-state index in [4.69, 9.17) is 10.1 Å². The van der Waals surface area contributed by atoms with Gasteiger partial charge in [-0.15, -0.1) is 11.8 Å². The van der Waals surface area contributed by atoms with Crippen LogP contribution >= 0.6 is 11.8 Å². The number of carbonyl (C=O) groups is 2. The van der Waals surface area contributed by atoms with Gasteiger partial charge in [0.1, 0.15) is 16.9 Å². The number of carboxylic acids is 1. The van der Waals surface area contributed by atoms with Crippen molar-refractivity contribution in [2.75, 3.05) is 6.54 Å². The average molecular weight is 394 g/mol. The summed E-state index contributed by atoms with van der Waals surface area (Å²) in [7, 11) is 0. The highest BCUT2D eigenvalue weighted by molar-refractivity contribution is 8.03. The van der Waals surface area contributed by atoms with Crippen molar-refractivity contribution in [3.05, 3.63) is 70.3 Å². The lowest BCUT2D eigenvalue weighted by atomic mass is 10.0. The van der Waals surface area contributed by atoms with Crippen LogP contribution in [0.3, 0.4) is 0 Å². The van der Waals surface area contributed by atoms with Gasteiger partial charge in [-0.25, -0.2) is 9.78 Å². The summed E-state index contributed by atoms with van der Waals surface area (Å²) < 4.78 is 2.14. The molecule has 3 aliphatic rings. The third-order valence-electron chi connectivity index (χ3n) is 5.21. The second-order valence-electron chi connectivity index (χ2n) is 7.04. The number of aromatic nitrogens is 2. The topological polar surface area (TPSA) is 78.7 Å². The van der Waals surface area contributed by atoms with E-state index in [2.05, 4.69) is 33.7 Å². The Hall–Kier alpha value is -2.84. The molecular weight excluding hydrogens is 376 g/mol. The number of fused-ring (bicyclic) bond motifs is 2. The summed E-state index contributed by atoms with van der Waals surface area (Å²) >= 11 is 1.35. The molecule has 3 aliphatic heterocycles. The van der Waals surface area contributed by atoms with Crippen LogP contribution in [0.2, 0.25) is 0 Å². The van der Waals surface area contributed by atoms with Gasteiger partial charge < -0.3 is 9.67 Å². The van der Waals surface area contributed by atoms with Gasteiger partial charge in [-0.2, -0.15) is 0 Å². The van der Waals surface area contributed by atoms with E-state index in [1.165, 1.54) is 27.6 Å². The van der Waals surface area contributed by atoms with Crippen LogP contribution in [0.15, 0.2) is 53.2 Å². The van der Waals surface area contributed by atoms with Gasteiger partial charge >= 0.3 is 5.97 Å². The SMILES string of the molecule is O=C(O)C1=CS[C@@H]2/C(=C\c3cn4c(n3)CN(Cc3ccccc3)CC4)C(=O)N12. The maximum atomic E-state index is 12.4. The molecule has 1 saturated heterocycles. The molecule has 7 nitrogen and oxygen atoms in total. The van der Waals surface area contributed by atoms with Crippen LogP contribution in [0.25, 0.3) is 6.08 Å². The Balaban J connectivity index is 1.30. The maximum absolute atomic E-state index is 12.4. The Kier molecular flexibility index (Phi) is 4.10. The Morgan fingerprint density at radius 1 is 1.29 bits per heavy atom. The Labute approximate surface area is 166 Å². The van der Waals surface area contributed by atoms with Gasteiger partial charge in [0.25, 0.3) is 5.91 Å². The van der Waals surface area contributed by atoms with E-state index in [0.29, 0.717) is 5.57 Å². The molecule has 1 atom stereocenters. The minimum absolute atomic E-state index is 0.0536. The molecule has 1 aromatic heterocycles. The van der Waals surface area contributed by atoms with E-state index in [-0.39, 0.29) is 17.0 Å². The van der Waals surface area contributed by atoms with Gasteiger partial charge in [0.05, 0.1) is 17.8 Å². The molecular formula is C20H18N4O3S. The van der Waals surface area contributed by atoms with Gasteiger partial charge in [-0.3, -0.25) is 14.6 Å². The van der Waals surface area contributed by atoms with Gasteiger partial charge in [-0.1, -0.05) is 30.3 Å². The van der Waals surface area contributed by atoms with Crippen LogP contribution in [0.5, 0.6) is 0 Å². The summed E-state index contributed by atoms with van der Waals surface area (Å²) in [5, 5.41) is 10.4. The standard InChI is InChI=1S/C20H18N4O3S/c25-18-15(19-24(18)16(12-28-19)20(26)27)8-14-10-23-7-6-22(11-17(23)21-14)9-13-4-2-1-3-5-13/h1-5,8,10,12,19H,6-7,9,11H2,(H,26,27)/b15-8-/t19-/m1/s1. The van der Waals surface area contributed by atoms with Gasteiger partial charge in [0.2, 0.25) is 0 Å². The average Bonchev–Trinajstić information content (AvgIpc) is 3.28. The molecule has 0 bridgehead atoms. The van der Waals surface area contributed by atoms with E-state index in [0.717, 1.165) is 37.7 Å². The summed E-state index contributed by atoms with van der Waals surface area (Å²) in [5.41, 5.74) is 2.70. The van der Waals surface area contributed by atoms with Crippen LogP contribution in [-0.4, -0.2) is 48.3 Å². The molecule has 1 amide bonds. The highest BCUT2D eigenvalue weighted by atomic mass is 32.2. The lowest BCUT2D eigenvalue weighted by Gasteiger charge is -2.36. The number of imidazole rings is 1. The normalized spacial score (nSPS) is 22.6. The largest absolute Gasteiger partial charge is 0.477 e. The summed E-state index contributed by atoms with van der Waals surface area (Å²) in [6.07, 6.45) is 3.77. The highest BCUT2D eigenvalue weighted by Gasteiger charge is 2.49. The zero-order valence-electron chi connectivity index (χ0n) is 15.0. The molecule has 1 aromatic carbocycles. The molecule has 0 aliphatic carbocycles. The molecule has 1 N–H and O–H groups in total. The van der Waals surface area contributed by atoms with Gasteiger partial charge in [0.15, 0.2) is 0 Å². The minimum atomic E-state index is -1.07. The molecule has 0 spiro atoms. The number of amides is 1. The fraction of sp³-hybridized carbons (Fsp3) is 0.250. The number of carbonyl (C=O) groups excluding carboxylic acids is 1. The van der Waals surface area contributed by atoms with Crippen LogP contribution in [0.4, 0.5) is 0 Å². The first kappa shape index (κ1) is 17.3. The zero-order chi connectivity index (χ0) is 19.3. The van der Waals surface area contributed by atoms with E-state index in [1.54, 1.807) is 6.08 Å². The van der Waals surface area contributed by atoms with Crippen LogP contribution in [-0.2, 0) is 29.2 Å². The minimum Gasteiger partial charge on any atom is -0.477 e. The lowest BCUT2D eigenvalue weighted by molar-refractivity contribution is -0.141. The highest BCUT2D eigenvalue weighted by Crippen LogP contribution is 2.45. The number of carboxylic acid groups (broad SMARTS) is 1. The molecule has 2 aromatic rings. The second-order valence-corrected chi connectivity index (χ2v) is 8.00. The number of benzene rings is 1. The Bertz CT molecular complexity index is 1030. The zero-order valence-corrected chi connectivity index (χ0v) is 15.8. The first-order valence-electron chi connectivity index (χ1n) is 9.06. The van der Waals surface area contributed by atoms with E-state index < -0.39 is 5.97 Å². The van der Waals surface area contributed by atoms with Crippen molar-refractivity contribution in [3.8, 4) is 0 Å². The van der Waals surface area contributed by atoms with Crippen LogP contribution in [0, 0.1) is 0 Å². The number of hydrogen-bond donors (Lipinski definition) is 1. The van der Waals surface area contributed by atoms with E-state index >= 15 is 0 Å². The van der Waals surface area contributed by atoms with Crippen molar-refractivity contribution >= 4 is 29.7 Å². The first-order chi connectivity index (χ1) is 13.6. The van der Waals surface area contributed by atoms with E-state index in [1.807, 2.05) is 12.3 Å². The van der Waals surface area contributed by atoms with Crippen molar-refractivity contribution in [2.24, 2.45) is 0 Å². The first-order valence-corrected chi connectivity index (χ1v) is 10.0. The summed E-state index contributed by atoms with van der Waals surface area (Å²) in [4.78, 5) is 31.9. The van der Waals surface area contributed by atoms with Crippen molar-refractivity contribution in [3.63, 3.8) is 0 Å². The van der Waals surface area contributed by atoms with Crippen LogP contribution < -0.4 is 0 Å². The number of hydrogen-bond acceptors (Lipinski definition) is 5. The molecule has 5 rings (SSSR count). The Morgan fingerprint density at radius 2 is 2.11 bits per heavy atom. The second kappa shape index (κ2) is 6.65. The third kappa shape index (κ3) is 2.85. The summed E-state index contributed by atoms with van der Waals surface area (Å²) in [6, 6.07) is 10.4. The van der Waals surface area contributed by atoms with Crippen molar-refractivity contribution in [2.45, 2.75) is 25.0 Å². The predicted molar refractivity (Wildman–Crippen MR) is 105 cm³/mol. The fourth-order valence-electron chi connectivity index (χ4n) is 3.80. The molecule has 0 unspecified atom stereocenters. The fourth-order valence-corrected chi connectivity index (χ4v) is 4.91. The van der Waals surface area contributed by atoms with Crippen molar-refractivity contribution in [1.82, 2.24) is 19.4 Å². The lowest BCUT2D eigenvalue weighted by Crippen LogP contribution is -2.51. The molecule has 1 fully saturated rings. The number of thioether (sulfide) groups is 1. The monoisotopic (exact) mass is 394 g/mol. The van der Waals surface area contributed by atoms with Crippen LogP contribution in [0.1, 0.15) is 17.1 Å². The summed E-state index contributed by atoms with van der Waals surface area (Å²) in [5.74, 6) is -0.334. The molecule has 8 heteroatoms. The van der Waals surface area contributed by atoms with Crippen molar-refractivity contribution in [1.29, 1.82) is 0 Å². The number of nitrogens with zero attached hydrogens (tertiary/aromatic N) is 4. The molecule has 28 heavy (non-hydrogen) atoms.